The third-order valence-corrected chi connectivity index (χ3v) is 5.73. The van der Waals surface area contributed by atoms with E-state index in [1.165, 1.54) is 36.1 Å². The molecule has 3 heterocycles. The lowest BCUT2D eigenvalue weighted by Crippen LogP contribution is -2.32. The molecule has 0 N–H and O–H groups in total. The first-order valence-electron chi connectivity index (χ1n) is 10.7. The quantitative estimate of drug-likeness (QED) is 0.785. The Morgan fingerprint density at radius 2 is 1.89 bits per heavy atom. The fraction of sp³-hybridized carbons (Fsp3) is 0.609. The number of hydrogen-bond donors (Lipinski definition) is 0. The number of rotatable bonds is 4. The molecule has 1 aliphatic heterocycles. The molecule has 1 saturated carbocycles. The minimum atomic E-state index is -0.000718. The second kappa shape index (κ2) is 8.16. The zero-order valence-electron chi connectivity index (χ0n) is 17.4. The minimum Gasteiger partial charge on any atom is -0.474 e. The molecule has 0 unspecified atom stereocenters. The van der Waals surface area contributed by atoms with Crippen molar-refractivity contribution in [3.05, 3.63) is 47.2 Å². The molecule has 0 amide bonds. The summed E-state index contributed by atoms with van der Waals surface area (Å²) in [5, 5.41) is 0. The molecule has 2 aromatic rings. The highest BCUT2D eigenvalue weighted by atomic mass is 16.5. The minimum absolute atomic E-state index is 0.000718. The zero-order valence-corrected chi connectivity index (χ0v) is 17.4. The van der Waals surface area contributed by atoms with Crippen molar-refractivity contribution in [2.45, 2.75) is 83.9 Å². The predicted octanol–water partition coefficient (Wildman–Crippen LogP) is 4.44. The van der Waals surface area contributed by atoms with Crippen molar-refractivity contribution < 1.29 is 4.74 Å². The highest BCUT2D eigenvalue weighted by Crippen LogP contribution is 2.24. The van der Waals surface area contributed by atoms with Gasteiger partial charge in [0.05, 0.1) is 0 Å². The van der Waals surface area contributed by atoms with E-state index in [-0.39, 0.29) is 5.41 Å². The van der Waals surface area contributed by atoms with Crippen molar-refractivity contribution in [3.63, 3.8) is 0 Å². The van der Waals surface area contributed by atoms with Crippen molar-refractivity contribution >= 4 is 0 Å². The molecule has 0 radical (unpaired) electrons. The van der Waals surface area contributed by atoms with Crippen LogP contribution in [0.25, 0.3) is 0 Å². The predicted molar refractivity (Wildman–Crippen MR) is 110 cm³/mol. The number of aromatic nitrogens is 3. The Labute approximate surface area is 168 Å². The summed E-state index contributed by atoms with van der Waals surface area (Å²) in [6.45, 7) is 9.32. The van der Waals surface area contributed by atoms with E-state index in [4.69, 9.17) is 9.72 Å². The summed E-state index contributed by atoms with van der Waals surface area (Å²) in [7, 11) is 0. The summed E-state index contributed by atoms with van der Waals surface area (Å²) >= 11 is 0. The number of hydrogen-bond acceptors (Lipinski definition) is 5. The molecule has 5 heteroatoms. The fourth-order valence-corrected chi connectivity index (χ4v) is 4.06. The van der Waals surface area contributed by atoms with Crippen molar-refractivity contribution in [1.82, 2.24) is 19.9 Å². The first-order valence-corrected chi connectivity index (χ1v) is 10.7. The van der Waals surface area contributed by atoms with Gasteiger partial charge in [0, 0.05) is 61.2 Å². The van der Waals surface area contributed by atoms with Crippen LogP contribution in [0.5, 0.6) is 5.88 Å². The van der Waals surface area contributed by atoms with Gasteiger partial charge in [0.15, 0.2) is 0 Å². The molecule has 1 aliphatic carbocycles. The average molecular weight is 381 g/mol. The number of fused-ring (bicyclic) bond motifs is 1. The molecule has 5 nitrogen and oxygen atoms in total. The van der Waals surface area contributed by atoms with Crippen LogP contribution in [-0.4, -0.2) is 32.5 Å². The largest absolute Gasteiger partial charge is 0.474 e. The molecule has 0 aromatic carbocycles. The van der Waals surface area contributed by atoms with Crippen molar-refractivity contribution in [1.29, 1.82) is 0 Å². The van der Waals surface area contributed by atoms with Crippen molar-refractivity contribution in [2.75, 3.05) is 6.54 Å². The van der Waals surface area contributed by atoms with Gasteiger partial charge in [-0.05, 0) is 31.2 Å². The van der Waals surface area contributed by atoms with E-state index >= 15 is 0 Å². The maximum absolute atomic E-state index is 6.04. The highest BCUT2D eigenvalue weighted by Gasteiger charge is 2.23. The van der Waals surface area contributed by atoms with Gasteiger partial charge in [-0.3, -0.25) is 4.90 Å². The smallest absolute Gasteiger partial charge is 0.213 e. The third-order valence-electron chi connectivity index (χ3n) is 5.73. The first-order chi connectivity index (χ1) is 13.5. The summed E-state index contributed by atoms with van der Waals surface area (Å²) < 4.78 is 6.04. The van der Waals surface area contributed by atoms with E-state index in [1.54, 1.807) is 0 Å². The van der Waals surface area contributed by atoms with Gasteiger partial charge in [0.2, 0.25) is 5.88 Å². The Morgan fingerprint density at radius 1 is 1.07 bits per heavy atom. The SMILES string of the molecule is CC(C)(C)c1ncc2c(n1)CCN(Cc1ccc(OC3CCCCC3)nc1)C2. The first kappa shape index (κ1) is 19.3. The zero-order chi connectivity index (χ0) is 19.6. The van der Waals surface area contributed by atoms with Crippen LogP contribution in [0, 0.1) is 0 Å². The van der Waals surface area contributed by atoms with Crippen LogP contribution in [-0.2, 0) is 24.9 Å². The van der Waals surface area contributed by atoms with Gasteiger partial charge in [-0.1, -0.05) is 33.3 Å². The Morgan fingerprint density at radius 3 is 2.61 bits per heavy atom. The van der Waals surface area contributed by atoms with Crippen LogP contribution >= 0.6 is 0 Å². The lowest BCUT2D eigenvalue weighted by Gasteiger charge is -2.29. The van der Waals surface area contributed by atoms with Gasteiger partial charge in [0.1, 0.15) is 11.9 Å². The summed E-state index contributed by atoms with van der Waals surface area (Å²) in [6, 6.07) is 4.18. The molecule has 1 fully saturated rings. The van der Waals surface area contributed by atoms with Crippen LogP contribution < -0.4 is 4.74 Å². The molecule has 0 spiro atoms. The maximum atomic E-state index is 6.04. The van der Waals surface area contributed by atoms with Crippen LogP contribution in [0.15, 0.2) is 24.5 Å². The van der Waals surface area contributed by atoms with E-state index in [9.17, 15) is 0 Å². The number of nitrogens with zero attached hydrogens (tertiary/aromatic N) is 4. The van der Waals surface area contributed by atoms with Crippen LogP contribution in [0.4, 0.5) is 0 Å². The van der Waals surface area contributed by atoms with Crippen molar-refractivity contribution in [2.24, 2.45) is 0 Å². The topological polar surface area (TPSA) is 51.1 Å². The van der Waals surface area contributed by atoms with Gasteiger partial charge in [0.25, 0.3) is 0 Å². The summed E-state index contributed by atoms with van der Waals surface area (Å²) in [5.41, 5.74) is 3.70. The molecule has 2 aromatic heterocycles. The molecule has 2 aliphatic rings. The fourth-order valence-electron chi connectivity index (χ4n) is 4.06. The molecule has 28 heavy (non-hydrogen) atoms. The monoisotopic (exact) mass is 380 g/mol. The standard InChI is InChI=1S/C23H32N4O/c1-23(2,3)22-25-14-18-16-27(12-11-20(18)26-22)15-17-9-10-21(24-13-17)28-19-7-5-4-6-8-19/h9-10,13-14,19H,4-8,11-12,15-16H2,1-3H3. The third kappa shape index (κ3) is 4.69. The summed E-state index contributed by atoms with van der Waals surface area (Å²) in [5.74, 6) is 1.71. The second-order valence-electron chi connectivity index (χ2n) is 9.26. The van der Waals surface area contributed by atoms with Crippen LogP contribution in [0.3, 0.4) is 0 Å². The average Bonchev–Trinajstić information content (AvgIpc) is 2.69. The number of ether oxygens (including phenoxy) is 1. The summed E-state index contributed by atoms with van der Waals surface area (Å²) in [6.07, 6.45) is 11.5. The molecule has 0 bridgehead atoms. The molecule has 4 rings (SSSR count). The lowest BCUT2D eigenvalue weighted by molar-refractivity contribution is 0.148. The van der Waals surface area contributed by atoms with E-state index in [0.717, 1.165) is 50.6 Å². The van der Waals surface area contributed by atoms with Gasteiger partial charge in [-0.25, -0.2) is 15.0 Å². The Bertz CT molecular complexity index is 791. The molecule has 150 valence electrons. The van der Waals surface area contributed by atoms with E-state index in [0.29, 0.717) is 6.10 Å². The van der Waals surface area contributed by atoms with Crippen LogP contribution in [0.2, 0.25) is 0 Å². The molecule has 0 atom stereocenters. The molecule has 0 saturated heterocycles. The Kier molecular flexibility index (Phi) is 5.63. The van der Waals surface area contributed by atoms with E-state index in [2.05, 4.69) is 41.7 Å². The highest BCUT2D eigenvalue weighted by molar-refractivity contribution is 5.23. The Balaban J connectivity index is 1.35. The van der Waals surface area contributed by atoms with Crippen molar-refractivity contribution in [3.8, 4) is 5.88 Å². The lowest BCUT2D eigenvalue weighted by atomic mass is 9.95. The normalized spacial score (nSPS) is 18.7. The van der Waals surface area contributed by atoms with E-state index in [1.807, 2.05) is 18.5 Å². The maximum Gasteiger partial charge on any atom is 0.213 e. The van der Waals surface area contributed by atoms with E-state index < -0.39 is 0 Å². The summed E-state index contributed by atoms with van der Waals surface area (Å²) in [4.78, 5) is 16.4. The van der Waals surface area contributed by atoms with Crippen LogP contribution in [0.1, 0.15) is 75.5 Å². The van der Waals surface area contributed by atoms with Gasteiger partial charge in [-0.15, -0.1) is 0 Å². The van der Waals surface area contributed by atoms with Gasteiger partial charge >= 0.3 is 0 Å². The molecular weight excluding hydrogens is 348 g/mol. The molecular formula is C23H32N4O. The second-order valence-corrected chi connectivity index (χ2v) is 9.26. The Hall–Kier alpha value is -2.01. The van der Waals surface area contributed by atoms with Gasteiger partial charge in [-0.2, -0.15) is 0 Å². The van der Waals surface area contributed by atoms with Gasteiger partial charge < -0.3 is 4.74 Å². The number of pyridine rings is 1.